The number of carbonyl (C=O) groups is 1. The van der Waals surface area contributed by atoms with Crippen LogP contribution in [0.25, 0.3) is 0 Å². The summed E-state index contributed by atoms with van der Waals surface area (Å²) in [6, 6.07) is 5.85. The summed E-state index contributed by atoms with van der Waals surface area (Å²) in [6.07, 6.45) is 2.20. The predicted molar refractivity (Wildman–Crippen MR) is 70.4 cm³/mol. The molecule has 1 aromatic rings. The summed E-state index contributed by atoms with van der Waals surface area (Å²) in [5.41, 5.74) is 7.77. The van der Waals surface area contributed by atoms with Crippen LogP contribution in [0, 0.1) is 6.92 Å². The highest BCUT2D eigenvalue weighted by molar-refractivity contribution is 5.78. The fourth-order valence-electron chi connectivity index (χ4n) is 2.21. The summed E-state index contributed by atoms with van der Waals surface area (Å²) in [6.45, 7) is 4.27. The Bertz CT molecular complexity index is 426. The van der Waals surface area contributed by atoms with E-state index in [0.29, 0.717) is 6.54 Å². The van der Waals surface area contributed by atoms with Crippen molar-refractivity contribution >= 4 is 5.91 Å². The van der Waals surface area contributed by atoms with Crippen LogP contribution in [0.3, 0.4) is 0 Å². The number of likely N-dealkylation sites (tertiary alicyclic amines) is 1. The van der Waals surface area contributed by atoms with E-state index < -0.39 is 0 Å². The van der Waals surface area contributed by atoms with Crippen molar-refractivity contribution in [3.05, 3.63) is 29.3 Å². The molecule has 1 aliphatic heterocycles. The van der Waals surface area contributed by atoms with E-state index in [0.717, 1.165) is 42.8 Å². The summed E-state index contributed by atoms with van der Waals surface area (Å²) in [5.74, 6) is 0.784. The zero-order chi connectivity index (χ0) is 13.0. The van der Waals surface area contributed by atoms with Gasteiger partial charge >= 0.3 is 0 Å². The number of hydrogen-bond donors (Lipinski definition) is 1. The molecule has 2 rings (SSSR count). The van der Waals surface area contributed by atoms with E-state index in [1.54, 1.807) is 0 Å². The lowest BCUT2D eigenvalue weighted by atomic mass is 10.1. The van der Waals surface area contributed by atoms with E-state index in [2.05, 4.69) is 0 Å². The van der Waals surface area contributed by atoms with Gasteiger partial charge in [0.05, 0.1) is 0 Å². The van der Waals surface area contributed by atoms with Gasteiger partial charge in [0, 0.05) is 25.2 Å². The number of aryl methyl sites for hydroxylation is 1. The average Bonchev–Trinajstić information content (AvgIpc) is 2.90. The van der Waals surface area contributed by atoms with Crippen LogP contribution in [0.5, 0.6) is 5.75 Å². The van der Waals surface area contributed by atoms with Crippen LogP contribution in [0.4, 0.5) is 0 Å². The maximum absolute atomic E-state index is 11.9. The number of nitrogens with two attached hydrogens (primary N) is 1. The smallest absolute Gasteiger partial charge is 0.260 e. The second-order valence-corrected chi connectivity index (χ2v) is 4.69. The molecule has 0 aliphatic carbocycles. The number of nitrogens with zero attached hydrogens (tertiary/aromatic N) is 1. The molecule has 2 N–H and O–H groups in total. The molecule has 0 saturated carbocycles. The first-order chi connectivity index (χ1) is 8.70. The number of rotatable bonds is 4. The topological polar surface area (TPSA) is 55.6 Å². The van der Waals surface area contributed by atoms with Crippen molar-refractivity contribution in [2.45, 2.75) is 26.3 Å². The summed E-state index contributed by atoms with van der Waals surface area (Å²) in [4.78, 5) is 13.7. The number of ether oxygens (including phenoxy) is 1. The van der Waals surface area contributed by atoms with E-state index in [4.69, 9.17) is 10.5 Å². The first-order valence-corrected chi connectivity index (χ1v) is 6.41. The molecule has 1 amide bonds. The first-order valence-electron chi connectivity index (χ1n) is 6.41. The molecule has 1 aliphatic rings. The average molecular weight is 248 g/mol. The van der Waals surface area contributed by atoms with Crippen molar-refractivity contribution < 1.29 is 9.53 Å². The van der Waals surface area contributed by atoms with E-state index in [1.807, 2.05) is 30.0 Å². The molecule has 0 radical (unpaired) electrons. The van der Waals surface area contributed by atoms with Gasteiger partial charge in [-0.15, -0.1) is 0 Å². The molecule has 1 fully saturated rings. The molecule has 4 nitrogen and oxygen atoms in total. The molecular formula is C14H20N2O2. The lowest BCUT2D eigenvalue weighted by Crippen LogP contribution is -2.32. The number of carbonyl (C=O) groups excluding carboxylic acids is 1. The predicted octanol–water partition coefficient (Wildman–Crippen LogP) is 1.45. The molecule has 1 aromatic carbocycles. The Balaban J connectivity index is 1.95. The van der Waals surface area contributed by atoms with E-state index in [1.165, 1.54) is 0 Å². The third-order valence-electron chi connectivity index (χ3n) is 3.25. The van der Waals surface area contributed by atoms with Crippen molar-refractivity contribution in [2.75, 3.05) is 19.7 Å². The summed E-state index contributed by atoms with van der Waals surface area (Å²) in [7, 11) is 0. The number of amides is 1. The maximum Gasteiger partial charge on any atom is 0.260 e. The molecule has 18 heavy (non-hydrogen) atoms. The van der Waals surface area contributed by atoms with Crippen molar-refractivity contribution in [2.24, 2.45) is 5.73 Å². The largest absolute Gasteiger partial charge is 0.483 e. The second-order valence-electron chi connectivity index (χ2n) is 4.69. The highest BCUT2D eigenvalue weighted by atomic mass is 16.5. The van der Waals surface area contributed by atoms with Crippen LogP contribution in [0.15, 0.2) is 18.2 Å². The van der Waals surface area contributed by atoms with E-state index in [-0.39, 0.29) is 12.5 Å². The van der Waals surface area contributed by atoms with Crippen LogP contribution in [-0.2, 0) is 11.3 Å². The maximum atomic E-state index is 11.9. The highest BCUT2D eigenvalue weighted by Crippen LogP contribution is 2.19. The lowest BCUT2D eigenvalue weighted by molar-refractivity contribution is -0.132. The highest BCUT2D eigenvalue weighted by Gasteiger charge is 2.18. The third-order valence-corrected chi connectivity index (χ3v) is 3.25. The Hall–Kier alpha value is -1.55. The second kappa shape index (κ2) is 5.87. The third kappa shape index (κ3) is 3.01. The minimum Gasteiger partial charge on any atom is -0.483 e. The van der Waals surface area contributed by atoms with Crippen molar-refractivity contribution in [1.29, 1.82) is 0 Å². The molecular weight excluding hydrogens is 228 g/mol. The van der Waals surface area contributed by atoms with Gasteiger partial charge in [-0.1, -0.05) is 17.7 Å². The van der Waals surface area contributed by atoms with Gasteiger partial charge in [-0.3, -0.25) is 4.79 Å². The molecule has 0 unspecified atom stereocenters. The molecule has 0 spiro atoms. The Labute approximate surface area is 108 Å². The van der Waals surface area contributed by atoms with Crippen LogP contribution >= 0.6 is 0 Å². The fraction of sp³-hybridized carbons (Fsp3) is 0.500. The van der Waals surface area contributed by atoms with Gasteiger partial charge in [0.2, 0.25) is 0 Å². The van der Waals surface area contributed by atoms with Crippen molar-refractivity contribution in [3.63, 3.8) is 0 Å². The van der Waals surface area contributed by atoms with Gasteiger partial charge in [-0.05, 0) is 25.8 Å². The number of benzene rings is 1. The standard InChI is InChI=1S/C14H20N2O2/c1-11-4-5-13(12(8-11)9-15)18-10-14(17)16-6-2-3-7-16/h4-5,8H,2-3,6-7,9-10,15H2,1H3. The summed E-state index contributed by atoms with van der Waals surface area (Å²) in [5, 5.41) is 0. The Kier molecular flexibility index (Phi) is 4.20. The summed E-state index contributed by atoms with van der Waals surface area (Å²) < 4.78 is 5.59. The van der Waals surface area contributed by atoms with Gasteiger partial charge in [-0.2, -0.15) is 0 Å². The van der Waals surface area contributed by atoms with Crippen LogP contribution in [0.2, 0.25) is 0 Å². The normalized spacial score (nSPS) is 14.9. The van der Waals surface area contributed by atoms with Crippen LogP contribution in [0.1, 0.15) is 24.0 Å². The van der Waals surface area contributed by atoms with Crippen molar-refractivity contribution in [1.82, 2.24) is 4.90 Å². The minimum atomic E-state index is 0.0658. The molecule has 1 saturated heterocycles. The van der Waals surface area contributed by atoms with Gasteiger partial charge < -0.3 is 15.4 Å². The van der Waals surface area contributed by atoms with Gasteiger partial charge in [-0.25, -0.2) is 0 Å². The van der Waals surface area contributed by atoms with Gasteiger partial charge in [0.15, 0.2) is 6.61 Å². The summed E-state index contributed by atoms with van der Waals surface area (Å²) >= 11 is 0. The van der Waals surface area contributed by atoms with Gasteiger partial charge in [0.25, 0.3) is 5.91 Å². The Morgan fingerprint density at radius 2 is 2.11 bits per heavy atom. The van der Waals surface area contributed by atoms with E-state index in [9.17, 15) is 4.79 Å². The quantitative estimate of drug-likeness (QED) is 0.877. The van der Waals surface area contributed by atoms with Crippen molar-refractivity contribution in [3.8, 4) is 5.75 Å². The molecule has 98 valence electrons. The molecule has 4 heteroatoms. The SMILES string of the molecule is Cc1ccc(OCC(=O)N2CCCC2)c(CN)c1. The number of hydrogen-bond acceptors (Lipinski definition) is 3. The van der Waals surface area contributed by atoms with Gasteiger partial charge in [0.1, 0.15) is 5.75 Å². The van der Waals surface area contributed by atoms with Crippen LogP contribution in [-0.4, -0.2) is 30.5 Å². The molecule has 1 heterocycles. The minimum absolute atomic E-state index is 0.0658. The Morgan fingerprint density at radius 3 is 2.78 bits per heavy atom. The lowest BCUT2D eigenvalue weighted by Gasteiger charge is -2.16. The monoisotopic (exact) mass is 248 g/mol. The zero-order valence-electron chi connectivity index (χ0n) is 10.8. The fourth-order valence-corrected chi connectivity index (χ4v) is 2.21. The van der Waals surface area contributed by atoms with E-state index >= 15 is 0 Å². The molecule has 0 bridgehead atoms. The Morgan fingerprint density at radius 1 is 1.39 bits per heavy atom. The first kappa shape index (κ1) is 12.9. The zero-order valence-corrected chi connectivity index (χ0v) is 10.8. The molecule has 0 aromatic heterocycles. The van der Waals surface area contributed by atoms with Crippen LogP contribution < -0.4 is 10.5 Å². The molecule has 0 atom stereocenters.